The molecule has 4 nitrogen and oxygen atoms in total. The maximum Gasteiger partial charge on any atom is 0.416 e. The number of carbonyl (C=O) groups excluding carboxylic acids is 1. The summed E-state index contributed by atoms with van der Waals surface area (Å²) >= 11 is 0. The van der Waals surface area contributed by atoms with Crippen LogP contribution in [0.4, 0.5) is 18.9 Å². The molecule has 0 aromatic heterocycles. The van der Waals surface area contributed by atoms with E-state index in [9.17, 15) is 23.2 Å². The number of rotatable bonds is 17. The molecular weight excluding hydrogens is 489 g/mol. The van der Waals surface area contributed by atoms with Crippen molar-refractivity contribution in [3.63, 3.8) is 0 Å². The molecule has 2 aromatic rings. The van der Waals surface area contributed by atoms with E-state index in [2.05, 4.69) is 24.4 Å². The third-order valence-electron chi connectivity index (χ3n) is 6.70. The van der Waals surface area contributed by atoms with Crippen molar-refractivity contribution in [3.8, 4) is 0 Å². The zero-order valence-corrected chi connectivity index (χ0v) is 22.9. The first kappa shape index (κ1) is 31.6. The minimum Gasteiger partial charge on any atom is -0.632 e. The zero-order chi connectivity index (χ0) is 27.9. The Bertz CT molecular complexity index is 972. The monoisotopic (exact) mass is 532 g/mol. The maximum atomic E-state index is 13.3. The number of carbonyl (C=O) groups is 1. The Labute approximate surface area is 226 Å². The number of allylic oxidation sites excluding steroid dienone is 2. The fraction of sp³-hybridized carbons (Fsp3) is 0.516. The van der Waals surface area contributed by atoms with Crippen molar-refractivity contribution < 1.29 is 22.6 Å². The fourth-order valence-corrected chi connectivity index (χ4v) is 4.30. The molecule has 0 aliphatic carbocycles. The van der Waals surface area contributed by atoms with Crippen LogP contribution in [0.2, 0.25) is 0 Å². The Hall–Kier alpha value is -2.64. The SMILES string of the molecule is CCCC/C=C\CCCCCCCC(=O)Nc1ccc(C[N+]([O-])(CC)Cc2ccc(C(F)(F)F)cc2)cc1. The van der Waals surface area contributed by atoms with Gasteiger partial charge in [-0.2, -0.15) is 13.2 Å². The third-order valence-corrected chi connectivity index (χ3v) is 6.70. The summed E-state index contributed by atoms with van der Waals surface area (Å²) in [4.78, 5) is 12.3. The van der Waals surface area contributed by atoms with E-state index in [4.69, 9.17) is 0 Å². The lowest BCUT2D eigenvalue weighted by atomic mass is 10.1. The van der Waals surface area contributed by atoms with Gasteiger partial charge in [-0.3, -0.25) is 4.79 Å². The molecule has 1 amide bonds. The summed E-state index contributed by atoms with van der Waals surface area (Å²) in [5.74, 6) is -0.0126. The highest BCUT2D eigenvalue weighted by atomic mass is 19.4. The van der Waals surface area contributed by atoms with E-state index in [1.165, 1.54) is 44.2 Å². The number of anilines is 1. The highest BCUT2D eigenvalue weighted by Gasteiger charge is 2.30. The number of halogens is 3. The van der Waals surface area contributed by atoms with Crippen LogP contribution < -0.4 is 5.32 Å². The Morgan fingerprint density at radius 3 is 1.89 bits per heavy atom. The van der Waals surface area contributed by atoms with Crippen LogP contribution in [0.25, 0.3) is 0 Å². The summed E-state index contributed by atoms with van der Waals surface area (Å²) < 4.78 is 37.8. The molecule has 0 aliphatic rings. The Morgan fingerprint density at radius 2 is 1.34 bits per heavy atom. The first-order valence-corrected chi connectivity index (χ1v) is 13.9. The molecule has 0 fully saturated rings. The maximum absolute atomic E-state index is 13.3. The summed E-state index contributed by atoms with van der Waals surface area (Å²) in [5.41, 5.74) is 1.35. The van der Waals surface area contributed by atoms with Crippen molar-refractivity contribution in [2.24, 2.45) is 0 Å². The molecule has 0 radical (unpaired) electrons. The van der Waals surface area contributed by atoms with Gasteiger partial charge in [-0.1, -0.05) is 75.4 Å². The van der Waals surface area contributed by atoms with Crippen LogP contribution in [0.1, 0.15) is 94.7 Å². The van der Waals surface area contributed by atoms with Crippen LogP contribution >= 0.6 is 0 Å². The van der Waals surface area contributed by atoms with Gasteiger partial charge in [0, 0.05) is 23.2 Å². The molecule has 1 N–H and O–H groups in total. The van der Waals surface area contributed by atoms with Gasteiger partial charge < -0.3 is 15.2 Å². The normalized spacial score (nSPS) is 13.5. The van der Waals surface area contributed by atoms with Gasteiger partial charge in [0.15, 0.2) is 0 Å². The Balaban J connectivity index is 1.71. The van der Waals surface area contributed by atoms with Crippen molar-refractivity contribution >= 4 is 11.6 Å². The molecule has 1 atom stereocenters. The van der Waals surface area contributed by atoms with E-state index >= 15 is 0 Å². The van der Waals surface area contributed by atoms with Gasteiger partial charge in [0.1, 0.15) is 13.1 Å². The van der Waals surface area contributed by atoms with Gasteiger partial charge in [0.2, 0.25) is 5.91 Å². The second-order valence-corrected chi connectivity index (χ2v) is 10.1. The van der Waals surface area contributed by atoms with Crippen molar-refractivity contribution in [3.05, 3.63) is 82.6 Å². The van der Waals surface area contributed by atoms with Crippen LogP contribution in [0.5, 0.6) is 0 Å². The zero-order valence-electron chi connectivity index (χ0n) is 22.9. The number of amides is 1. The van der Waals surface area contributed by atoms with Crippen molar-refractivity contribution in [1.29, 1.82) is 0 Å². The topological polar surface area (TPSA) is 52.2 Å². The van der Waals surface area contributed by atoms with Crippen LogP contribution in [-0.2, 0) is 24.1 Å². The van der Waals surface area contributed by atoms with E-state index in [0.29, 0.717) is 17.7 Å². The standard InChI is InChI=1S/C31H43F3N2O2/c1-3-5-6-7-8-9-10-11-12-13-14-15-30(37)35-29-22-18-27(19-23-29)25-36(38,4-2)24-26-16-20-28(21-17-26)31(32,33)34/h7-8,16-23H,3-6,9-15,24-25H2,1-2H3,(H,35,37)/b8-7-. The first-order chi connectivity index (χ1) is 18.1. The summed E-state index contributed by atoms with van der Waals surface area (Å²) in [7, 11) is 0. The van der Waals surface area contributed by atoms with E-state index in [1.54, 1.807) is 19.1 Å². The molecule has 2 rings (SSSR count). The van der Waals surface area contributed by atoms with Crippen molar-refractivity contribution in [2.45, 2.75) is 97.3 Å². The lowest BCUT2D eigenvalue weighted by molar-refractivity contribution is -0.905. The predicted octanol–water partition coefficient (Wildman–Crippen LogP) is 9.16. The van der Waals surface area contributed by atoms with E-state index in [1.807, 2.05) is 12.1 Å². The van der Waals surface area contributed by atoms with Gasteiger partial charge >= 0.3 is 6.18 Å². The highest BCUT2D eigenvalue weighted by molar-refractivity contribution is 5.90. The van der Waals surface area contributed by atoms with E-state index in [0.717, 1.165) is 43.4 Å². The van der Waals surface area contributed by atoms with Crippen LogP contribution in [0.3, 0.4) is 0 Å². The number of hydrogen-bond acceptors (Lipinski definition) is 2. The van der Waals surface area contributed by atoms with Gasteiger partial charge in [0.05, 0.1) is 12.1 Å². The Kier molecular flexibility index (Phi) is 13.6. The molecule has 0 bridgehead atoms. The minimum absolute atomic E-state index is 0.0126. The van der Waals surface area contributed by atoms with Gasteiger partial charge in [-0.15, -0.1) is 0 Å². The number of benzene rings is 2. The summed E-state index contributed by atoms with van der Waals surface area (Å²) in [6.45, 7) is 4.55. The molecular formula is C31H43F3N2O2. The molecule has 0 saturated heterocycles. The molecule has 7 heteroatoms. The lowest BCUT2D eigenvalue weighted by Crippen LogP contribution is -2.40. The summed E-state index contributed by atoms with van der Waals surface area (Å²) in [6.07, 6.45) is 10.9. The first-order valence-electron chi connectivity index (χ1n) is 13.9. The number of quaternary nitrogens is 1. The third kappa shape index (κ3) is 12.3. The number of nitrogens with one attached hydrogen (secondary N) is 1. The summed E-state index contributed by atoms with van der Waals surface area (Å²) in [6, 6.07) is 12.0. The highest BCUT2D eigenvalue weighted by Crippen LogP contribution is 2.30. The smallest absolute Gasteiger partial charge is 0.416 e. The number of unbranched alkanes of at least 4 members (excludes halogenated alkanes) is 7. The second kappa shape index (κ2) is 16.4. The van der Waals surface area contributed by atoms with Gasteiger partial charge in [-0.05, 0) is 56.9 Å². The number of alkyl halides is 3. The number of hydrogen-bond donors (Lipinski definition) is 1. The van der Waals surface area contributed by atoms with Crippen molar-refractivity contribution in [1.82, 2.24) is 0 Å². The molecule has 0 spiro atoms. The van der Waals surface area contributed by atoms with E-state index in [-0.39, 0.29) is 25.5 Å². The molecule has 38 heavy (non-hydrogen) atoms. The van der Waals surface area contributed by atoms with Crippen molar-refractivity contribution in [2.75, 3.05) is 11.9 Å². The van der Waals surface area contributed by atoms with Crippen LogP contribution in [0, 0.1) is 5.21 Å². The molecule has 0 heterocycles. The summed E-state index contributed by atoms with van der Waals surface area (Å²) in [5, 5.41) is 16.2. The second-order valence-electron chi connectivity index (χ2n) is 10.1. The van der Waals surface area contributed by atoms with E-state index < -0.39 is 16.4 Å². The predicted molar refractivity (Wildman–Crippen MR) is 149 cm³/mol. The Morgan fingerprint density at radius 1 is 0.816 bits per heavy atom. The van der Waals surface area contributed by atoms with Crippen LogP contribution in [-0.4, -0.2) is 17.1 Å². The average Bonchev–Trinajstić information content (AvgIpc) is 2.88. The largest absolute Gasteiger partial charge is 0.632 e. The molecule has 0 saturated carbocycles. The molecule has 210 valence electrons. The number of nitrogens with zero attached hydrogens (tertiary/aromatic N) is 1. The molecule has 1 unspecified atom stereocenters. The number of hydroxylamine groups is 3. The minimum atomic E-state index is -4.39. The molecule has 2 aromatic carbocycles. The average molecular weight is 533 g/mol. The van der Waals surface area contributed by atoms with Gasteiger partial charge in [-0.25, -0.2) is 0 Å². The quantitative estimate of drug-likeness (QED) is 0.0956. The lowest BCUT2D eigenvalue weighted by Gasteiger charge is -2.42. The fourth-order valence-electron chi connectivity index (χ4n) is 4.30. The van der Waals surface area contributed by atoms with Gasteiger partial charge in [0.25, 0.3) is 0 Å². The molecule has 0 aliphatic heterocycles. The van der Waals surface area contributed by atoms with Crippen LogP contribution in [0.15, 0.2) is 60.7 Å².